The summed E-state index contributed by atoms with van der Waals surface area (Å²) in [5.74, 6) is -1.16. The van der Waals surface area contributed by atoms with E-state index in [0.717, 1.165) is 6.54 Å². The van der Waals surface area contributed by atoms with Crippen LogP contribution >= 0.6 is 0 Å². The van der Waals surface area contributed by atoms with E-state index in [1.807, 2.05) is 18.2 Å². The highest BCUT2D eigenvalue weighted by Crippen LogP contribution is 2.32. The van der Waals surface area contributed by atoms with Crippen LogP contribution in [0.4, 0.5) is 8.78 Å². The fraction of sp³-hybridized carbons (Fsp3) is 0.133. The van der Waals surface area contributed by atoms with E-state index in [0.29, 0.717) is 0 Å². The Kier molecular flexibility index (Phi) is 5.27. The topological polar surface area (TPSA) is 114 Å². The quantitative estimate of drug-likeness (QED) is 0.694. The molecule has 0 saturated heterocycles. The van der Waals surface area contributed by atoms with Crippen LogP contribution < -0.4 is 5.73 Å². The molecule has 0 aliphatic rings. The van der Waals surface area contributed by atoms with Gasteiger partial charge in [0.2, 0.25) is 0 Å². The molecule has 0 aliphatic carbocycles. The smallest absolute Gasteiger partial charge is 0.391 e. The van der Waals surface area contributed by atoms with Crippen molar-refractivity contribution in [2.24, 2.45) is 0 Å². The Morgan fingerprint density at radius 2 is 1.67 bits per heavy atom. The Hall–Kier alpha value is -2.36. The van der Waals surface area contributed by atoms with Crippen molar-refractivity contribution in [1.82, 2.24) is 9.97 Å². The summed E-state index contributed by atoms with van der Waals surface area (Å²) in [5.41, 5.74) is 5.46. The lowest BCUT2D eigenvalue weighted by atomic mass is 10.2. The molecule has 0 saturated carbocycles. The summed E-state index contributed by atoms with van der Waals surface area (Å²) in [6, 6.07) is 16.2. The van der Waals surface area contributed by atoms with Crippen molar-refractivity contribution >= 4 is 21.2 Å². The molecule has 3 rings (SSSR count). The third-order valence-electron chi connectivity index (χ3n) is 3.11. The van der Waals surface area contributed by atoms with E-state index >= 15 is 0 Å². The molecular formula is C15H15F2N3O3S. The summed E-state index contributed by atoms with van der Waals surface area (Å²) in [6.45, 7) is 0.890. The SMILES string of the molecule is O=S(=O)([O-])C(F)(F)c1nc2ccccc2[nH]1.[NH3+]Cc1ccccc1. The number of quaternary nitrogens is 1. The summed E-state index contributed by atoms with van der Waals surface area (Å²) in [5, 5.41) is -4.55. The second-order valence-corrected chi connectivity index (χ2v) is 6.23. The molecule has 6 nitrogen and oxygen atoms in total. The monoisotopic (exact) mass is 355 g/mol. The molecule has 0 aliphatic heterocycles. The van der Waals surface area contributed by atoms with Gasteiger partial charge in [-0.15, -0.1) is 0 Å². The Balaban J connectivity index is 0.000000219. The molecule has 4 N–H and O–H groups in total. The van der Waals surface area contributed by atoms with E-state index in [4.69, 9.17) is 0 Å². The molecule has 3 aromatic rings. The molecule has 0 bridgehead atoms. The zero-order valence-corrected chi connectivity index (χ0v) is 13.3. The molecule has 0 spiro atoms. The van der Waals surface area contributed by atoms with Crippen molar-refractivity contribution < 1.29 is 27.5 Å². The average Bonchev–Trinajstić information content (AvgIpc) is 3.00. The molecule has 24 heavy (non-hydrogen) atoms. The molecule has 0 unspecified atom stereocenters. The van der Waals surface area contributed by atoms with E-state index in [9.17, 15) is 21.8 Å². The van der Waals surface area contributed by atoms with Gasteiger partial charge in [-0.2, -0.15) is 8.78 Å². The van der Waals surface area contributed by atoms with Gasteiger partial charge in [0.25, 0.3) is 0 Å². The molecule has 9 heteroatoms. The van der Waals surface area contributed by atoms with Crippen LogP contribution in [-0.2, 0) is 21.9 Å². The summed E-state index contributed by atoms with van der Waals surface area (Å²) in [4.78, 5) is 5.47. The second kappa shape index (κ2) is 7.04. The molecular weight excluding hydrogens is 340 g/mol. The largest absolute Gasteiger partial charge is 0.743 e. The molecule has 0 radical (unpaired) electrons. The predicted molar refractivity (Wildman–Crippen MR) is 82.7 cm³/mol. The Morgan fingerprint density at radius 3 is 2.17 bits per heavy atom. The van der Waals surface area contributed by atoms with Crippen molar-refractivity contribution in [3.63, 3.8) is 0 Å². The van der Waals surface area contributed by atoms with Gasteiger partial charge in [-0.3, -0.25) is 0 Å². The van der Waals surface area contributed by atoms with Crippen molar-refractivity contribution in [2.45, 2.75) is 11.8 Å². The summed E-state index contributed by atoms with van der Waals surface area (Å²) in [6.07, 6.45) is 0. The van der Waals surface area contributed by atoms with Gasteiger partial charge in [-0.05, 0) is 12.1 Å². The number of halogens is 2. The lowest BCUT2D eigenvalue weighted by Gasteiger charge is -2.16. The first kappa shape index (κ1) is 18.0. The molecule has 128 valence electrons. The van der Waals surface area contributed by atoms with Crippen molar-refractivity contribution in [2.75, 3.05) is 0 Å². The van der Waals surface area contributed by atoms with Crippen LogP contribution in [0.1, 0.15) is 11.4 Å². The maximum atomic E-state index is 13.1. The number of nitrogens with zero attached hydrogens (tertiary/aromatic N) is 1. The summed E-state index contributed by atoms with van der Waals surface area (Å²) >= 11 is 0. The van der Waals surface area contributed by atoms with Gasteiger partial charge < -0.3 is 15.3 Å². The van der Waals surface area contributed by atoms with Crippen LogP contribution in [0.3, 0.4) is 0 Å². The fourth-order valence-corrected chi connectivity index (χ4v) is 2.19. The van der Waals surface area contributed by atoms with E-state index in [1.165, 1.54) is 17.7 Å². The number of alkyl halides is 2. The molecule has 0 atom stereocenters. The number of hydrogen-bond acceptors (Lipinski definition) is 4. The maximum absolute atomic E-state index is 13.1. The Morgan fingerprint density at radius 1 is 1.08 bits per heavy atom. The number of para-hydroxylation sites is 2. The minimum atomic E-state index is -5.78. The number of benzene rings is 2. The lowest BCUT2D eigenvalue weighted by Crippen LogP contribution is -2.47. The van der Waals surface area contributed by atoms with Crippen LogP contribution in [-0.4, -0.2) is 22.9 Å². The van der Waals surface area contributed by atoms with E-state index in [1.54, 1.807) is 12.1 Å². The molecule has 1 aromatic heterocycles. The van der Waals surface area contributed by atoms with Gasteiger partial charge in [-0.1, -0.05) is 42.5 Å². The number of rotatable bonds is 3. The lowest BCUT2D eigenvalue weighted by molar-refractivity contribution is -0.386. The third-order valence-corrected chi connectivity index (χ3v) is 3.93. The first-order chi connectivity index (χ1) is 11.3. The van der Waals surface area contributed by atoms with E-state index in [-0.39, 0.29) is 11.0 Å². The fourth-order valence-electron chi connectivity index (χ4n) is 1.85. The normalized spacial score (nSPS) is 11.8. The van der Waals surface area contributed by atoms with Crippen molar-refractivity contribution in [1.29, 1.82) is 0 Å². The van der Waals surface area contributed by atoms with Gasteiger partial charge >= 0.3 is 5.25 Å². The highest BCUT2D eigenvalue weighted by Gasteiger charge is 2.43. The zero-order valence-electron chi connectivity index (χ0n) is 12.4. The van der Waals surface area contributed by atoms with Crippen LogP contribution in [0.15, 0.2) is 54.6 Å². The second-order valence-electron chi connectivity index (χ2n) is 4.81. The van der Waals surface area contributed by atoms with Gasteiger partial charge in [0.1, 0.15) is 0 Å². The first-order valence-corrected chi connectivity index (χ1v) is 8.28. The third kappa shape index (κ3) is 3.94. The Bertz CT molecular complexity index is 879. The molecule has 0 fully saturated rings. The van der Waals surface area contributed by atoms with Crippen LogP contribution in [0.25, 0.3) is 11.0 Å². The maximum Gasteiger partial charge on any atom is 0.391 e. The highest BCUT2D eigenvalue weighted by atomic mass is 32.2. The van der Waals surface area contributed by atoms with E-state index < -0.39 is 21.2 Å². The number of hydrogen-bond donors (Lipinski definition) is 2. The number of aromatic nitrogens is 2. The minimum Gasteiger partial charge on any atom is -0.743 e. The number of fused-ring (bicyclic) bond motifs is 1. The van der Waals surface area contributed by atoms with Crippen LogP contribution in [0.5, 0.6) is 0 Å². The van der Waals surface area contributed by atoms with Gasteiger partial charge in [0.15, 0.2) is 15.9 Å². The van der Waals surface area contributed by atoms with Gasteiger partial charge in [0.05, 0.1) is 17.6 Å². The van der Waals surface area contributed by atoms with Gasteiger partial charge in [-0.25, -0.2) is 13.4 Å². The summed E-state index contributed by atoms with van der Waals surface area (Å²) in [7, 11) is -5.78. The predicted octanol–water partition coefficient (Wildman–Crippen LogP) is 1.59. The van der Waals surface area contributed by atoms with Gasteiger partial charge in [0, 0.05) is 5.56 Å². The van der Waals surface area contributed by atoms with Crippen molar-refractivity contribution in [3.8, 4) is 0 Å². The minimum absolute atomic E-state index is 0.167. The van der Waals surface area contributed by atoms with Crippen molar-refractivity contribution in [3.05, 3.63) is 66.0 Å². The number of nitrogens with one attached hydrogen (secondary N) is 1. The molecule has 0 amide bonds. The number of H-pyrrole nitrogens is 1. The standard InChI is InChI=1S/C8H6F2N2O3S.C7H9N/c9-8(10,16(13,14)15)7-11-5-3-1-2-4-6(5)12-7;8-6-7-4-2-1-3-5-7/h1-4H,(H,11,12)(H,13,14,15);1-5H,6,8H2. The summed E-state index contributed by atoms with van der Waals surface area (Å²) < 4.78 is 57.3. The first-order valence-electron chi connectivity index (χ1n) is 6.87. The zero-order chi connectivity index (χ0) is 17.8. The molecule has 2 aromatic carbocycles. The molecule has 1 heterocycles. The van der Waals surface area contributed by atoms with Crippen LogP contribution in [0, 0.1) is 0 Å². The average molecular weight is 355 g/mol. The van der Waals surface area contributed by atoms with E-state index in [2.05, 4.69) is 27.8 Å². The van der Waals surface area contributed by atoms with Crippen LogP contribution in [0.2, 0.25) is 0 Å². The highest BCUT2D eigenvalue weighted by molar-refractivity contribution is 7.86. The Labute approximate surface area is 137 Å². The number of aromatic amines is 1. The number of imidazole rings is 1.